The molecule has 2 saturated heterocycles. The van der Waals surface area contributed by atoms with Crippen LogP contribution in [0.3, 0.4) is 0 Å². The van der Waals surface area contributed by atoms with E-state index in [4.69, 9.17) is 4.74 Å². The topological polar surface area (TPSA) is 91.5 Å². The summed E-state index contributed by atoms with van der Waals surface area (Å²) in [5, 5.41) is 14.2. The fourth-order valence-electron chi connectivity index (χ4n) is 4.77. The van der Waals surface area contributed by atoms with E-state index in [0.717, 1.165) is 51.9 Å². The molecule has 0 aromatic heterocycles. The van der Waals surface area contributed by atoms with Gasteiger partial charge in [0.25, 0.3) is 0 Å². The summed E-state index contributed by atoms with van der Waals surface area (Å²) < 4.78 is 29.3. The van der Waals surface area contributed by atoms with Crippen molar-refractivity contribution in [2.24, 2.45) is 11.8 Å². The summed E-state index contributed by atoms with van der Waals surface area (Å²) in [6.45, 7) is 4.12. The van der Waals surface area contributed by atoms with Gasteiger partial charge < -0.3 is 15.4 Å². The van der Waals surface area contributed by atoms with E-state index in [1.54, 1.807) is 7.11 Å². The van der Waals surface area contributed by atoms with E-state index >= 15 is 0 Å². The lowest BCUT2D eigenvalue weighted by Crippen LogP contribution is -2.68. The number of methoxy groups -OCH3 is 1. The van der Waals surface area contributed by atoms with Crippen LogP contribution in [0.2, 0.25) is 0 Å². The molecule has 152 valence electrons. The number of sulfone groups is 1. The molecular formula is C18H36N4O3S. The number of hydrogen-bond acceptors (Lipinski definition) is 7. The molecule has 8 heteroatoms. The summed E-state index contributed by atoms with van der Waals surface area (Å²) >= 11 is 0. The van der Waals surface area contributed by atoms with Crippen molar-refractivity contribution in [1.82, 2.24) is 21.3 Å². The molecule has 0 aromatic carbocycles. The van der Waals surface area contributed by atoms with Crippen LogP contribution in [0, 0.1) is 11.8 Å². The largest absolute Gasteiger partial charge is 0.365 e. The van der Waals surface area contributed by atoms with Gasteiger partial charge in [-0.25, -0.2) is 8.42 Å². The quantitative estimate of drug-likeness (QED) is 0.511. The van der Waals surface area contributed by atoms with Crippen LogP contribution in [-0.2, 0) is 14.6 Å². The second-order valence-corrected chi connectivity index (χ2v) is 10.6. The zero-order valence-corrected chi connectivity index (χ0v) is 17.0. The van der Waals surface area contributed by atoms with E-state index in [2.05, 4.69) is 21.3 Å². The van der Waals surface area contributed by atoms with E-state index in [0.29, 0.717) is 11.8 Å². The molecule has 0 bridgehead atoms. The van der Waals surface area contributed by atoms with Gasteiger partial charge in [-0.1, -0.05) is 0 Å². The number of rotatable bonds is 6. The number of ether oxygens (including phenoxy) is 1. The summed E-state index contributed by atoms with van der Waals surface area (Å²) in [4.78, 5) is 0. The predicted molar refractivity (Wildman–Crippen MR) is 104 cm³/mol. The number of piperazine rings is 1. The molecule has 4 N–H and O–H groups in total. The first-order valence-electron chi connectivity index (χ1n) is 10.1. The van der Waals surface area contributed by atoms with Gasteiger partial charge in [0.1, 0.15) is 16.1 Å². The molecule has 4 atom stereocenters. The maximum Gasteiger partial charge on any atom is 0.150 e. The highest BCUT2D eigenvalue weighted by molar-refractivity contribution is 7.91. The normalized spacial score (nSPS) is 39.6. The number of nitrogens with one attached hydrogen (secondary N) is 4. The molecule has 4 unspecified atom stereocenters. The van der Waals surface area contributed by atoms with Crippen LogP contribution < -0.4 is 21.3 Å². The van der Waals surface area contributed by atoms with Gasteiger partial charge in [0.05, 0.1) is 17.5 Å². The van der Waals surface area contributed by atoms with Crippen molar-refractivity contribution in [2.75, 3.05) is 39.5 Å². The molecule has 3 fully saturated rings. The van der Waals surface area contributed by atoms with Gasteiger partial charge in [-0.15, -0.1) is 0 Å². The van der Waals surface area contributed by atoms with Crippen molar-refractivity contribution < 1.29 is 13.2 Å². The molecule has 2 aliphatic heterocycles. The Balaban J connectivity index is 1.51. The van der Waals surface area contributed by atoms with Crippen LogP contribution in [0.4, 0.5) is 0 Å². The SMILES string of the molecule is COC1NCC(NCC2CCCNC2)NC1C1CCC(S(C)(=O)=O)CC1. The van der Waals surface area contributed by atoms with Gasteiger partial charge in [-0.05, 0) is 63.5 Å². The minimum absolute atomic E-state index is 0.0100. The van der Waals surface area contributed by atoms with Crippen LogP contribution in [0.15, 0.2) is 0 Å². The van der Waals surface area contributed by atoms with E-state index in [-0.39, 0.29) is 23.7 Å². The Morgan fingerprint density at radius 1 is 1.12 bits per heavy atom. The van der Waals surface area contributed by atoms with E-state index < -0.39 is 9.84 Å². The van der Waals surface area contributed by atoms with Crippen molar-refractivity contribution in [3.63, 3.8) is 0 Å². The van der Waals surface area contributed by atoms with Gasteiger partial charge in [0, 0.05) is 26.5 Å². The summed E-state index contributed by atoms with van der Waals surface area (Å²) in [6, 6.07) is 0.219. The van der Waals surface area contributed by atoms with Gasteiger partial charge in [0.15, 0.2) is 0 Å². The third kappa shape index (κ3) is 5.39. The molecule has 7 nitrogen and oxygen atoms in total. The second-order valence-electron chi connectivity index (χ2n) is 8.30. The second kappa shape index (κ2) is 9.30. The van der Waals surface area contributed by atoms with Gasteiger partial charge in [0.2, 0.25) is 0 Å². The highest BCUT2D eigenvalue weighted by Crippen LogP contribution is 2.32. The van der Waals surface area contributed by atoms with Crippen LogP contribution >= 0.6 is 0 Å². The Labute approximate surface area is 158 Å². The molecule has 3 rings (SSSR count). The summed E-state index contributed by atoms with van der Waals surface area (Å²) in [5.41, 5.74) is 0. The number of hydrogen-bond donors (Lipinski definition) is 4. The zero-order valence-electron chi connectivity index (χ0n) is 16.2. The van der Waals surface area contributed by atoms with Crippen LogP contribution in [0.1, 0.15) is 38.5 Å². The molecule has 26 heavy (non-hydrogen) atoms. The zero-order chi connectivity index (χ0) is 18.6. The van der Waals surface area contributed by atoms with E-state index in [1.165, 1.54) is 19.1 Å². The highest BCUT2D eigenvalue weighted by Gasteiger charge is 2.38. The fourth-order valence-corrected chi connectivity index (χ4v) is 5.90. The van der Waals surface area contributed by atoms with Crippen molar-refractivity contribution in [1.29, 1.82) is 0 Å². The average Bonchev–Trinajstić information content (AvgIpc) is 2.66. The van der Waals surface area contributed by atoms with Crippen molar-refractivity contribution in [2.45, 2.75) is 62.2 Å². The first kappa shape index (κ1) is 20.5. The predicted octanol–water partition coefficient (Wildman–Crippen LogP) is 0.0390. The van der Waals surface area contributed by atoms with Crippen molar-refractivity contribution >= 4 is 9.84 Å². The van der Waals surface area contributed by atoms with Crippen LogP contribution in [0.5, 0.6) is 0 Å². The molecule has 1 aliphatic carbocycles. The smallest absolute Gasteiger partial charge is 0.150 e. The Morgan fingerprint density at radius 3 is 2.50 bits per heavy atom. The summed E-state index contributed by atoms with van der Waals surface area (Å²) in [5.74, 6) is 1.15. The maximum atomic E-state index is 11.8. The first-order valence-corrected chi connectivity index (χ1v) is 12.1. The standard InChI is InChI=1S/C18H36N4O3S/c1-25-18-17(14-5-7-15(8-6-14)26(2,23)24)22-16(12-21-18)20-11-13-4-3-9-19-10-13/h13-22H,3-12H2,1-2H3. The average molecular weight is 389 g/mol. The lowest BCUT2D eigenvalue weighted by Gasteiger charge is -2.44. The fraction of sp³-hybridized carbons (Fsp3) is 1.00. The Bertz CT molecular complexity index is 531. The highest BCUT2D eigenvalue weighted by atomic mass is 32.2. The van der Waals surface area contributed by atoms with Crippen LogP contribution in [0.25, 0.3) is 0 Å². The molecule has 3 aliphatic rings. The minimum Gasteiger partial charge on any atom is -0.365 e. The lowest BCUT2D eigenvalue weighted by molar-refractivity contribution is -0.0128. The van der Waals surface area contributed by atoms with E-state index in [9.17, 15) is 8.42 Å². The van der Waals surface area contributed by atoms with Crippen molar-refractivity contribution in [3.8, 4) is 0 Å². The third-order valence-corrected chi connectivity index (χ3v) is 8.06. The molecular weight excluding hydrogens is 352 g/mol. The molecule has 0 aromatic rings. The van der Waals surface area contributed by atoms with Gasteiger partial charge in [-0.3, -0.25) is 10.6 Å². The molecule has 1 saturated carbocycles. The van der Waals surface area contributed by atoms with E-state index in [1.807, 2.05) is 0 Å². The molecule has 0 radical (unpaired) electrons. The lowest BCUT2D eigenvalue weighted by atomic mass is 9.82. The molecule has 0 spiro atoms. The molecule has 0 amide bonds. The Kier molecular flexibility index (Phi) is 7.32. The summed E-state index contributed by atoms with van der Waals surface area (Å²) in [6.07, 6.45) is 7.57. The van der Waals surface area contributed by atoms with Gasteiger partial charge in [-0.2, -0.15) is 0 Å². The Morgan fingerprint density at radius 2 is 1.88 bits per heavy atom. The number of piperidine rings is 1. The first-order chi connectivity index (χ1) is 12.5. The minimum atomic E-state index is -2.92. The van der Waals surface area contributed by atoms with Gasteiger partial charge >= 0.3 is 0 Å². The van der Waals surface area contributed by atoms with Crippen molar-refractivity contribution in [3.05, 3.63) is 0 Å². The van der Waals surface area contributed by atoms with Crippen LogP contribution in [-0.4, -0.2) is 71.6 Å². The summed E-state index contributed by atoms with van der Waals surface area (Å²) in [7, 11) is -1.17. The monoisotopic (exact) mass is 388 g/mol. The maximum absolute atomic E-state index is 11.8. The Hall–Kier alpha value is -0.250. The molecule has 2 heterocycles. The third-order valence-electron chi connectivity index (χ3n) is 6.38.